The standard InChI is InChI=1S/C16H14ClN3O2/c17-13-7-3-1-5-11(13)9-10-19-16(22)20-14-8-4-2-6-12(14)15(18)21/h1-10H,(H2,18,21)(H2,19,20,22)/b10-9+. The normalized spacial score (nSPS) is 10.4. The van der Waals surface area contributed by atoms with Crippen LogP contribution in [0.1, 0.15) is 15.9 Å². The minimum absolute atomic E-state index is 0.243. The number of halogens is 1. The van der Waals surface area contributed by atoms with Crippen LogP contribution in [-0.2, 0) is 0 Å². The van der Waals surface area contributed by atoms with E-state index >= 15 is 0 Å². The average Bonchev–Trinajstić information content (AvgIpc) is 2.49. The van der Waals surface area contributed by atoms with Crippen molar-refractivity contribution in [3.05, 3.63) is 70.9 Å². The van der Waals surface area contributed by atoms with E-state index < -0.39 is 11.9 Å². The van der Waals surface area contributed by atoms with Crippen LogP contribution in [0.3, 0.4) is 0 Å². The average molecular weight is 316 g/mol. The Kier molecular flexibility index (Phi) is 5.16. The molecule has 5 nitrogen and oxygen atoms in total. The molecular weight excluding hydrogens is 302 g/mol. The van der Waals surface area contributed by atoms with Crippen LogP contribution >= 0.6 is 11.6 Å². The van der Waals surface area contributed by atoms with Gasteiger partial charge in [-0.25, -0.2) is 4.79 Å². The number of rotatable bonds is 4. The summed E-state index contributed by atoms with van der Waals surface area (Å²) in [7, 11) is 0. The highest BCUT2D eigenvalue weighted by Gasteiger charge is 2.08. The van der Waals surface area contributed by atoms with Crippen molar-refractivity contribution in [1.29, 1.82) is 0 Å². The monoisotopic (exact) mass is 315 g/mol. The highest BCUT2D eigenvalue weighted by Crippen LogP contribution is 2.16. The van der Waals surface area contributed by atoms with E-state index in [4.69, 9.17) is 17.3 Å². The van der Waals surface area contributed by atoms with E-state index in [2.05, 4.69) is 10.6 Å². The lowest BCUT2D eigenvalue weighted by Crippen LogP contribution is -2.25. The van der Waals surface area contributed by atoms with Crippen LogP contribution in [-0.4, -0.2) is 11.9 Å². The number of carbonyl (C=O) groups excluding carboxylic acids is 2. The third-order valence-electron chi connectivity index (χ3n) is 2.82. The number of para-hydroxylation sites is 1. The van der Waals surface area contributed by atoms with Gasteiger partial charge in [-0.3, -0.25) is 4.79 Å². The van der Waals surface area contributed by atoms with E-state index in [9.17, 15) is 9.59 Å². The molecule has 0 heterocycles. The largest absolute Gasteiger partial charge is 0.366 e. The van der Waals surface area contributed by atoms with Crippen LogP contribution < -0.4 is 16.4 Å². The first-order chi connectivity index (χ1) is 10.6. The van der Waals surface area contributed by atoms with E-state index in [0.717, 1.165) is 5.56 Å². The molecule has 0 fully saturated rings. The van der Waals surface area contributed by atoms with Crippen LogP contribution in [0.5, 0.6) is 0 Å². The van der Waals surface area contributed by atoms with Crippen molar-refractivity contribution in [3.63, 3.8) is 0 Å². The molecule has 6 heteroatoms. The van der Waals surface area contributed by atoms with E-state index in [1.807, 2.05) is 18.2 Å². The fraction of sp³-hybridized carbons (Fsp3) is 0. The zero-order valence-corrected chi connectivity index (χ0v) is 12.3. The van der Waals surface area contributed by atoms with Gasteiger partial charge in [0, 0.05) is 11.2 Å². The van der Waals surface area contributed by atoms with Gasteiger partial charge in [-0.15, -0.1) is 0 Å². The first-order valence-corrected chi connectivity index (χ1v) is 6.83. The molecule has 0 aliphatic heterocycles. The Bertz CT molecular complexity index is 729. The molecule has 22 heavy (non-hydrogen) atoms. The number of anilines is 1. The molecule has 0 aliphatic rings. The van der Waals surface area contributed by atoms with Crippen LogP contribution in [0, 0.1) is 0 Å². The summed E-state index contributed by atoms with van der Waals surface area (Å²) in [5, 5.41) is 5.67. The molecule has 2 aromatic carbocycles. The third-order valence-corrected chi connectivity index (χ3v) is 3.17. The molecule has 0 bridgehead atoms. The van der Waals surface area contributed by atoms with Gasteiger partial charge < -0.3 is 16.4 Å². The fourth-order valence-electron chi connectivity index (χ4n) is 1.78. The van der Waals surface area contributed by atoms with Crippen molar-refractivity contribution in [1.82, 2.24) is 5.32 Å². The number of urea groups is 1. The Hall–Kier alpha value is -2.79. The molecule has 0 radical (unpaired) electrons. The lowest BCUT2D eigenvalue weighted by molar-refractivity contribution is 0.100. The first kappa shape index (κ1) is 15.6. The molecule has 0 aromatic heterocycles. The predicted octanol–water partition coefficient (Wildman–Crippen LogP) is 3.23. The number of benzene rings is 2. The number of carbonyl (C=O) groups is 2. The Morgan fingerprint density at radius 2 is 1.73 bits per heavy atom. The second kappa shape index (κ2) is 7.28. The Morgan fingerprint density at radius 1 is 1.05 bits per heavy atom. The number of hydrogen-bond donors (Lipinski definition) is 3. The predicted molar refractivity (Wildman–Crippen MR) is 87.6 cm³/mol. The summed E-state index contributed by atoms with van der Waals surface area (Å²) in [6.45, 7) is 0. The molecule has 0 saturated carbocycles. The second-order valence-corrected chi connectivity index (χ2v) is 4.77. The van der Waals surface area contributed by atoms with E-state index in [1.165, 1.54) is 12.3 Å². The molecule has 0 spiro atoms. The lowest BCUT2D eigenvalue weighted by Gasteiger charge is -2.08. The molecule has 2 aromatic rings. The van der Waals surface area contributed by atoms with Crippen molar-refractivity contribution < 1.29 is 9.59 Å². The van der Waals surface area contributed by atoms with E-state index in [1.54, 1.807) is 30.3 Å². The van der Waals surface area contributed by atoms with Crippen molar-refractivity contribution in [2.24, 2.45) is 5.73 Å². The van der Waals surface area contributed by atoms with E-state index in [0.29, 0.717) is 10.7 Å². The molecule has 0 unspecified atom stereocenters. The number of primary amides is 1. The molecule has 3 amide bonds. The second-order valence-electron chi connectivity index (χ2n) is 4.36. The molecule has 112 valence electrons. The van der Waals surface area contributed by atoms with Crippen LogP contribution in [0.25, 0.3) is 6.08 Å². The van der Waals surface area contributed by atoms with Gasteiger partial charge in [0.25, 0.3) is 5.91 Å². The Labute approximate surface area is 132 Å². The summed E-state index contributed by atoms with van der Waals surface area (Å²) >= 11 is 5.99. The van der Waals surface area contributed by atoms with Gasteiger partial charge in [-0.05, 0) is 29.8 Å². The van der Waals surface area contributed by atoms with Gasteiger partial charge >= 0.3 is 6.03 Å². The maximum atomic E-state index is 11.8. The fourth-order valence-corrected chi connectivity index (χ4v) is 1.98. The van der Waals surface area contributed by atoms with Crippen molar-refractivity contribution >= 4 is 35.3 Å². The van der Waals surface area contributed by atoms with Gasteiger partial charge in [0.15, 0.2) is 0 Å². The number of nitrogens with two attached hydrogens (primary N) is 1. The lowest BCUT2D eigenvalue weighted by atomic mass is 10.1. The quantitative estimate of drug-likeness (QED) is 0.809. The van der Waals surface area contributed by atoms with Crippen molar-refractivity contribution in [2.75, 3.05) is 5.32 Å². The van der Waals surface area contributed by atoms with Crippen molar-refractivity contribution in [2.45, 2.75) is 0 Å². The Morgan fingerprint density at radius 3 is 2.45 bits per heavy atom. The van der Waals surface area contributed by atoms with Gasteiger partial charge in [-0.2, -0.15) is 0 Å². The smallest absolute Gasteiger partial charge is 0.323 e. The zero-order chi connectivity index (χ0) is 15.9. The highest BCUT2D eigenvalue weighted by atomic mass is 35.5. The van der Waals surface area contributed by atoms with Crippen molar-refractivity contribution in [3.8, 4) is 0 Å². The van der Waals surface area contributed by atoms with Crippen LogP contribution in [0.4, 0.5) is 10.5 Å². The number of hydrogen-bond acceptors (Lipinski definition) is 2. The van der Waals surface area contributed by atoms with Gasteiger partial charge in [0.2, 0.25) is 0 Å². The summed E-state index contributed by atoms with van der Waals surface area (Å²) in [4.78, 5) is 23.1. The highest BCUT2D eigenvalue weighted by molar-refractivity contribution is 6.32. The topological polar surface area (TPSA) is 84.2 Å². The van der Waals surface area contributed by atoms with Crippen LogP contribution in [0.2, 0.25) is 5.02 Å². The maximum Gasteiger partial charge on any atom is 0.323 e. The molecule has 2 rings (SSSR count). The molecule has 0 aliphatic carbocycles. The summed E-state index contributed by atoms with van der Waals surface area (Å²) < 4.78 is 0. The van der Waals surface area contributed by atoms with Gasteiger partial charge in [-0.1, -0.05) is 41.9 Å². The van der Waals surface area contributed by atoms with Gasteiger partial charge in [0.05, 0.1) is 11.3 Å². The maximum absolute atomic E-state index is 11.8. The van der Waals surface area contributed by atoms with Gasteiger partial charge in [0.1, 0.15) is 0 Å². The summed E-state index contributed by atoms with van der Waals surface area (Å²) in [5.41, 5.74) is 6.61. The molecule has 4 N–H and O–H groups in total. The minimum atomic E-state index is -0.609. The zero-order valence-electron chi connectivity index (χ0n) is 11.5. The number of amides is 3. The molecule has 0 saturated heterocycles. The minimum Gasteiger partial charge on any atom is -0.366 e. The molecular formula is C16H14ClN3O2. The first-order valence-electron chi connectivity index (χ1n) is 6.45. The molecule has 0 atom stereocenters. The SMILES string of the molecule is NC(=O)c1ccccc1NC(=O)N/C=C/c1ccccc1Cl. The Balaban J connectivity index is 2.00. The van der Waals surface area contributed by atoms with E-state index in [-0.39, 0.29) is 5.56 Å². The summed E-state index contributed by atoms with van der Waals surface area (Å²) in [6, 6.07) is 13.2. The summed E-state index contributed by atoms with van der Waals surface area (Å²) in [5.74, 6) is -0.609. The summed E-state index contributed by atoms with van der Waals surface area (Å²) in [6.07, 6.45) is 3.13. The van der Waals surface area contributed by atoms with Crippen LogP contribution in [0.15, 0.2) is 54.7 Å². The number of nitrogens with one attached hydrogen (secondary N) is 2. The third kappa shape index (κ3) is 4.10.